The molecular formula is C15H21N3O4. The molecule has 1 aliphatic heterocycles. The van der Waals surface area contributed by atoms with Gasteiger partial charge in [-0.3, -0.25) is 9.59 Å². The zero-order valence-electron chi connectivity index (χ0n) is 12.8. The van der Waals surface area contributed by atoms with Crippen molar-refractivity contribution in [1.82, 2.24) is 0 Å². The number of nitrogens with two attached hydrogens (primary N) is 1. The van der Waals surface area contributed by atoms with Crippen LogP contribution in [-0.4, -0.2) is 45.2 Å². The van der Waals surface area contributed by atoms with E-state index in [0.717, 1.165) is 6.42 Å². The van der Waals surface area contributed by atoms with Gasteiger partial charge in [0.1, 0.15) is 11.8 Å². The van der Waals surface area contributed by atoms with Gasteiger partial charge in [-0.25, -0.2) is 0 Å². The molecule has 0 saturated carbocycles. The Kier molecular flexibility index (Phi) is 5.35. The topological polar surface area (TPSA) is 93.9 Å². The molecule has 0 aliphatic carbocycles. The molecule has 0 radical (unpaired) electrons. The minimum absolute atomic E-state index is 0.0807. The van der Waals surface area contributed by atoms with Crippen molar-refractivity contribution in [2.45, 2.75) is 18.9 Å². The van der Waals surface area contributed by atoms with Gasteiger partial charge in [-0.05, 0) is 18.6 Å². The summed E-state index contributed by atoms with van der Waals surface area (Å²) >= 11 is 0. The molecule has 0 spiro atoms. The molecule has 0 aromatic heterocycles. The van der Waals surface area contributed by atoms with Crippen molar-refractivity contribution in [2.75, 3.05) is 37.6 Å². The molecule has 2 amide bonds. The second kappa shape index (κ2) is 7.24. The van der Waals surface area contributed by atoms with Crippen molar-refractivity contribution in [1.29, 1.82) is 0 Å². The van der Waals surface area contributed by atoms with Crippen molar-refractivity contribution < 1.29 is 19.1 Å². The molecule has 7 heteroatoms. The smallest absolute Gasteiger partial charge is 0.243 e. The molecule has 1 fully saturated rings. The van der Waals surface area contributed by atoms with Crippen molar-refractivity contribution in [3.05, 3.63) is 18.2 Å². The highest BCUT2D eigenvalue weighted by Gasteiger charge is 2.24. The molecule has 7 nitrogen and oxygen atoms in total. The lowest BCUT2D eigenvalue weighted by molar-refractivity contribution is -0.118. The third kappa shape index (κ3) is 3.55. The zero-order chi connectivity index (χ0) is 16.1. The number of ether oxygens (including phenoxy) is 2. The normalized spacial score (nSPS) is 15.8. The fraction of sp³-hybridized carbons (Fsp3) is 0.467. The number of nitrogens with zero attached hydrogens (tertiary/aromatic N) is 1. The molecule has 1 unspecified atom stereocenters. The molecule has 2 rings (SSSR count). The fourth-order valence-electron chi connectivity index (χ4n) is 2.37. The summed E-state index contributed by atoms with van der Waals surface area (Å²) in [6, 6.07) is 4.43. The first-order valence-corrected chi connectivity index (χ1v) is 7.10. The second-order valence-corrected chi connectivity index (χ2v) is 5.09. The third-order valence-electron chi connectivity index (χ3n) is 3.49. The average molecular weight is 307 g/mol. The van der Waals surface area contributed by atoms with E-state index in [1.54, 1.807) is 23.1 Å². The minimum Gasteiger partial charge on any atom is -0.494 e. The Morgan fingerprint density at radius 3 is 2.82 bits per heavy atom. The highest BCUT2D eigenvalue weighted by molar-refractivity contribution is 5.98. The molecule has 3 N–H and O–H groups in total. The number of hydrogen-bond acceptors (Lipinski definition) is 5. The van der Waals surface area contributed by atoms with Crippen LogP contribution in [0.2, 0.25) is 0 Å². The molecule has 1 atom stereocenters. The predicted octanol–water partition coefficient (Wildman–Crippen LogP) is 0.734. The number of nitrogens with one attached hydrogen (secondary N) is 1. The van der Waals surface area contributed by atoms with E-state index in [1.165, 1.54) is 14.2 Å². The highest BCUT2D eigenvalue weighted by atomic mass is 16.5. The minimum atomic E-state index is -0.740. The number of hydrogen-bond donors (Lipinski definition) is 2. The average Bonchev–Trinajstić information content (AvgIpc) is 2.93. The van der Waals surface area contributed by atoms with Gasteiger partial charge in [-0.1, -0.05) is 0 Å². The van der Waals surface area contributed by atoms with E-state index in [0.29, 0.717) is 30.1 Å². The van der Waals surface area contributed by atoms with Gasteiger partial charge in [0, 0.05) is 31.8 Å². The Bertz CT molecular complexity index is 562. The summed E-state index contributed by atoms with van der Waals surface area (Å²) in [6.07, 6.45) is 1.39. The standard InChI is InChI=1S/C15H21N3O4/c1-21-9-11(16)15(20)17-10-5-6-12(13(8-10)22-2)18-7-3-4-14(18)19/h5-6,8,11H,3-4,7,9,16H2,1-2H3,(H,17,20). The van der Waals surface area contributed by atoms with Crippen LogP contribution < -0.4 is 20.7 Å². The van der Waals surface area contributed by atoms with Crippen molar-refractivity contribution in [3.63, 3.8) is 0 Å². The lowest BCUT2D eigenvalue weighted by atomic mass is 10.2. The molecule has 1 saturated heterocycles. The van der Waals surface area contributed by atoms with Crippen LogP contribution in [0.4, 0.5) is 11.4 Å². The van der Waals surface area contributed by atoms with Crippen LogP contribution in [-0.2, 0) is 14.3 Å². The molecular weight excluding hydrogens is 286 g/mol. The van der Waals surface area contributed by atoms with Crippen LogP contribution >= 0.6 is 0 Å². The quantitative estimate of drug-likeness (QED) is 0.808. The van der Waals surface area contributed by atoms with E-state index in [1.807, 2.05) is 0 Å². The van der Waals surface area contributed by atoms with Crippen LogP contribution in [0.1, 0.15) is 12.8 Å². The maximum absolute atomic E-state index is 11.9. The lowest BCUT2D eigenvalue weighted by Gasteiger charge is -2.20. The number of rotatable bonds is 6. The summed E-state index contributed by atoms with van der Waals surface area (Å²) in [4.78, 5) is 25.4. The summed E-state index contributed by atoms with van der Waals surface area (Å²) in [7, 11) is 3.01. The van der Waals surface area contributed by atoms with E-state index in [9.17, 15) is 9.59 Å². The largest absolute Gasteiger partial charge is 0.494 e. The van der Waals surface area contributed by atoms with Crippen molar-refractivity contribution in [3.8, 4) is 5.75 Å². The van der Waals surface area contributed by atoms with Crippen molar-refractivity contribution in [2.24, 2.45) is 5.73 Å². The number of amides is 2. The Hall–Kier alpha value is -2.12. The van der Waals surface area contributed by atoms with Crippen LogP contribution in [0.5, 0.6) is 5.75 Å². The van der Waals surface area contributed by atoms with Gasteiger partial charge in [-0.2, -0.15) is 0 Å². The maximum atomic E-state index is 11.9. The number of benzene rings is 1. The van der Waals surface area contributed by atoms with E-state index in [4.69, 9.17) is 15.2 Å². The van der Waals surface area contributed by atoms with Gasteiger partial charge < -0.3 is 25.4 Å². The summed E-state index contributed by atoms with van der Waals surface area (Å²) in [5.74, 6) is 0.277. The number of carbonyl (C=O) groups is 2. The Morgan fingerprint density at radius 2 is 2.23 bits per heavy atom. The number of anilines is 2. The van der Waals surface area contributed by atoms with Gasteiger partial charge in [0.15, 0.2) is 0 Å². The van der Waals surface area contributed by atoms with Gasteiger partial charge >= 0.3 is 0 Å². The molecule has 0 bridgehead atoms. The van der Waals surface area contributed by atoms with E-state index in [-0.39, 0.29) is 18.4 Å². The lowest BCUT2D eigenvalue weighted by Crippen LogP contribution is -2.39. The third-order valence-corrected chi connectivity index (χ3v) is 3.49. The summed E-state index contributed by atoms with van der Waals surface area (Å²) in [5, 5.41) is 2.70. The predicted molar refractivity (Wildman–Crippen MR) is 83.1 cm³/mol. The van der Waals surface area contributed by atoms with Crippen LogP contribution in [0, 0.1) is 0 Å². The first-order chi connectivity index (χ1) is 10.6. The van der Waals surface area contributed by atoms with Crippen LogP contribution in [0.25, 0.3) is 0 Å². The van der Waals surface area contributed by atoms with E-state index in [2.05, 4.69) is 5.32 Å². The van der Waals surface area contributed by atoms with Crippen LogP contribution in [0.15, 0.2) is 18.2 Å². The highest BCUT2D eigenvalue weighted by Crippen LogP contribution is 2.33. The van der Waals surface area contributed by atoms with E-state index < -0.39 is 6.04 Å². The molecule has 1 heterocycles. The SMILES string of the molecule is COCC(N)C(=O)Nc1ccc(N2CCCC2=O)c(OC)c1. The summed E-state index contributed by atoms with van der Waals surface area (Å²) < 4.78 is 10.2. The summed E-state index contributed by atoms with van der Waals surface area (Å²) in [6.45, 7) is 0.822. The zero-order valence-corrected chi connectivity index (χ0v) is 12.8. The van der Waals surface area contributed by atoms with Crippen molar-refractivity contribution >= 4 is 23.2 Å². The first-order valence-electron chi connectivity index (χ1n) is 7.10. The van der Waals surface area contributed by atoms with Gasteiger partial charge in [0.2, 0.25) is 11.8 Å². The van der Waals surface area contributed by atoms with Gasteiger partial charge in [0.05, 0.1) is 19.4 Å². The number of carbonyl (C=O) groups excluding carboxylic acids is 2. The molecule has 1 aromatic rings. The molecule has 1 aliphatic rings. The Balaban J connectivity index is 2.15. The first kappa shape index (κ1) is 16.3. The molecule has 1 aromatic carbocycles. The summed E-state index contributed by atoms with van der Waals surface area (Å²) in [5.41, 5.74) is 6.94. The Labute approximate surface area is 129 Å². The van der Waals surface area contributed by atoms with E-state index >= 15 is 0 Å². The molecule has 22 heavy (non-hydrogen) atoms. The fourth-order valence-corrected chi connectivity index (χ4v) is 2.37. The molecule has 120 valence electrons. The number of methoxy groups -OCH3 is 2. The maximum Gasteiger partial charge on any atom is 0.243 e. The monoisotopic (exact) mass is 307 g/mol. The second-order valence-electron chi connectivity index (χ2n) is 5.09. The van der Waals surface area contributed by atoms with Gasteiger partial charge in [-0.15, -0.1) is 0 Å². The Morgan fingerprint density at radius 1 is 1.45 bits per heavy atom. The van der Waals surface area contributed by atoms with Crippen LogP contribution in [0.3, 0.4) is 0 Å². The van der Waals surface area contributed by atoms with Gasteiger partial charge in [0.25, 0.3) is 0 Å².